The second kappa shape index (κ2) is 9.01. The van der Waals surface area contributed by atoms with Crippen LogP contribution in [0.15, 0.2) is 53.4 Å². The molecular formula is C19H22N4O5S. The van der Waals surface area contributed by atoms with Crippen molar-refractivity contribution in [1.82, 2.24) is 4.31 Å². The van der Waals surface area contributed by atoms with Gasteiger partial charge in [-0.3, -0.25) is 14.9 Å². The quantitative estimate of drug-likeness (QED) is 0.527. The first-order chi connectivity index (χ1) is 13.9. The summed E-state index contributed by atoms with van der Waals surface area (Å²) in [4.78, 5) is 22.5. The standard InChI is InChI=1S/C19H22N4O5S/c24-19(14-20-15-7-9-17(10-8-15)23(25)26)21-16-5-4-6-18(13-16)29(27,28)22-11-2-1-3-12-22/h4-10,13,20H,1-3,11-12,14H2,(H,21,24). The number of amides is 1. The van der Waals surface area contributed by atoms with Crippen LogP contribution in [0, 0.1) is 10.1 Å². The van der Waals surface area contributed by atoms with Crippen molar-refractivity contribution in [3.05, 3.63) is 58.6 Å². The number of nitrogens with zero attached hydrogens (tertiary/aromatic N) is 2. The summed E-state index contributed by atoms with van der Waals surface area (Å²) in [6.45, 7) is 0.955. The lowest BCUT2D eigenvalue weighted by Crippen LogP contribution is -2.35. The van der Waals surface area contributed by atoms with E-state index in [0.29, 0.717) is 24.5 Å². The van der Waals surface area contributed by atoms with Gasteiger partial charge < -0.3 is 10.6 Å². The number of rotatable bonds is 7. The highest BCUT2D eigenvalue weighted by Crippen LogP contribution is 2.23. The van der Waals surface area contributed by atoms with Gasteiger partial charge in [0.15, 0.2) is 0 Å². The third-order valence-corrected chi connectivity index (χ3v) is 6.50. The Morgan fingerprint density at radius 1 is 1.03 bits per heavy atom. The van der Waals surface area contributed by atoms with Crippen LogP contribution in [0.2, 0.25) is 0 Å². The lowest BCUT2D eigenvalue weighted by atomic mass is 10.2. The van der Waals surface area contributed by atoms with E-state index in [2.05, 4.69) is 10.6 Å². The topological polar surface area (TPSA) is 122 Å². The molecule has 3 rings (SSSR count). The van der Waals surface area contributed by atoms with Crippen LogP contribution in [-0.2, 0) is 14.8 Å². The Labute approximate surface area is 168 Å². The van der Waals surface area contributed by atoms with E-state index in [0.717, 1.165) is 19.3 Å². The van der Waals surface area contributed by atoms with Crippen molar-refractivity contribution in [3.8, 4) is 0 Å². The molecule has 1 heterocycles. The number of sulfonamides is 1. The molecule has 29 heavy (non-hydrogen) atoms. The number of benzene rings is 2. The van der Waals surface area contributed by atoms with Gasteiger partial charge in [-0.1, -0.05) is 12.5 Å². The zero-order valence-electron chi connectivity index (χ0n) is 15.7. The fourth-order valence-corrected chi connectivity index (χ4v) is 4.64. The smallest absolute Gasteiger partial charge is 0.269 e. The summed E-state index contributed by atoms with van der Waals surface area (Å²) in [6, 6.07) is 11.9. The first-order valence-electron chi connectivity index (χ1n) is 9.25. The maximum atomic E-state index is 12.8. The van der Waals surface area contributed by atoms with E-state index < -0.39 is 14.9 Å². The normalized spacial score (nSPS) is 14.9. The van der Waals surface area contributed by atoms with Crippen molar-refractivity contribution in [2.24, 2.45) is 0 Å². The summed E-state index contributed by atoms with van der Waals surface area (Å²) in [5.41, 5.74) is 0.914. The Morgan fingerprint density at radius 3 is 2.38 bits per heavy atom. The Balaban J connectivity index is 1.60. The maximum absolute atomic E-state index is 12.8. The Bertz CT molecular complexity index is 986. The molecule has 1 aliphatic rings. The van der Waals surface area contributed by atoms with E-state index in [9.17, 15) is 23.3 Å². The first-order valence-corrected chi connectivity index (χ1v) is 10.7. The number of carbonyl (C=O) groups is 1. The first kappa shape index (κ1) is 20.7. The van der Waals surface area contributed by atoms with Gasteiger partial charge in [0, 0.05) is 36.6 Å². The Kier molecular flexibility index (Phi) is 6.45. The zero-order chi connectivity index (χ0) is 20.9. The zero-order valence-corrected chi connectivity index (χ0v) is 16.5. The molecule has 1 amide bonds. The lowest BCUT2D eigenvalue weighted by molar-refractivity contribution is -0.384. The molecule has 0 atom stereocenters. The second-order valence-electron chi connectivity index (χ2n) is 6.70. The molecule has 0 aliphatic carbocycles. The Morgan fingerprint density at radius 2 is 1.72 bits per heavy atom. The molecule has 2 aromatic carbocycles. The fraction of sp³-hybridized carbons (Fsp3) is 0.316. The van der Waals surface area contributed by atoms with Crippen LogP contribution in [0.1, 0.15) is 19.3 Å². The van der Waals surface area contributed by atoms with Crippen LogP contribution >= 0.6 is 0 Å². The number of non-ortho nitro benzene ring substituents is 1. The molecule has 0 bridgehead atoms. The summed E-state index contributed by atoms with van der Waals surface area (Å²) in [7, 11) is -3.58. The average Bonchev–Trinajstić information content (AvgIpc) is 2.73. The number of carbonyl (C=O) groups excluding carboxylic acids is 1. The molecule has 10 heteroatoms. The molecule has 0 unspecified atom stereocenters. The van der Waals surface area contributed by atoms with Crippen LogP contribution in [0.25, 0.3) is 0 Å². The van der Waals surface area contributed by atoms with E-state index >= 15 is 0 Å². The fourth-order valence-electron chi connectivity index (χ4n) is 3.08. The largest absolute Gasteiger partial charge is 0.376 e. The highest BCUT2D eigenvalue weighted by atomic mass is 32.2. The van der Waals surface area contributed by atoms with E-state index in [1.54, 1.807) is 12.1 Å². The molecule has 0 radical (unpaired) electrons. The number of nitro groups is 1. The van der Waals surface area contributed by atoms with Crippen molar-refractivity contribution >= 4 is 33.0 Å². The number of nitrogens with one attached hydrogen (secondary N) is 2. The molecule has 1 aliphatic heterocycles. The summed E-state index contributed by atoms with van der Waals surface area (Å²) in [6.07, 6.45) is 2.73. The highest BCUT2D eigenvalue weighted by Gasteiger charge is 2.26. The van der Waals surface area contributed by atoms with Crippen molar-refractivity contribution in [2.45, 2.75) is 24.2 Å². The molecule has 9 nitrogen and oxygen atoms in total. The molecule has 154 valence electrons. The SMILES string of the molecule is O=C(CNc1ccc([N+](=O)[O-])cc1)Nc1cccc(S(=O)(=O)N2CCCCC2)c1. The predicted octanol–water partition coefficient (Wildman–Crippen LogP) is 2.82. The van der Waals surface area contributed by atoms with Crippen molar-refractivity contribution in [3.63, 3.8) is 0 Å². The Hall–Kier alpha value is -2.98. The molecule has 1 fully saturated rings. The minimum absolute atomic E-state index is 0.0354. The molecule has 0 aromatic heterocycles. The van der Waals surface area contributed by atoms with Gasteiger partial charge in [-0.15, -0.1) is 0 Å². The van der Waals surface area contributed by atoms with Crippen LogP contribution in [0.4, 0.5) is 17.1 Å². The predicted molar refractivity (Wildman–Crippen MR) is 109 cm³/mol. The summed E-state index contributed by atoms with van der Waals surface area (Å²) < 4.78 is 27.0. The number of hydrogen-bond donors (Lipinski definition) is 2. The van der Waals surface area contributed by atoms with Gasteiger partial charge >= 0.3 is 0 Å². The summed E-state index contributed by atoms with van der Waals surface area (Å²) in [5, 5.41) is 16.2. The van der Waals surface area contributed by atoms with E-state index in [1.165, 1.54) is 40.7 Å². The minimum atomic E-state index is -3.58. The monoisotopic (exact) mass is 418 g/mol. The van der Waals surface area contributed by atoms with Crippen molar-refractivity contribution in [1.29, 1.82) is 0 Å². The highest BCUT2D eigenvalue weighted by molar-refractivity contribution is 7.89. The summed E-state index contributed by atoms with van der Waals surface area (Å²) in [5.74, 6) is -0.365. The van der Waals surface area contributed by atoms with Gasteiger partial charge in [0.1, 0.15) is 0 Å². The molecule has 2 N–H and O–H groups in total. The van der Waals surface area contributed by atoms with E-state index in [-0.39, 0.29) is 23.0 Å². The number of piperidine rings is 1. The van der Waals surface area contributed by atoms with E-state index in [4.69, 9.17) is 0 Å². The number of hydrogen-bond acceptors (Lipinski definition) is 6. The minimum Gasteiger partial charge on any atom is -0.376 e. The van der Waals surface area contributed by atoms with Crippen molar-refractivity contribution in [2.75, 3.05) is 30.3 Å². The van der Waals surface area contributed by atoms with Gasteiger partial charge in [0.05, 0.1) is 16.4 Å². The second-order valence-corrected chi connectivity index (χ2v) is 8.64. The molecule has 0 spiro atoms. The van der Waals surface area contributed by atoms with Gasteiger partial charge in [0.25, 0.3) is 5.69 Å². The molecule has 2 aromatic rings. The third kappa shape index (κ3) is 5.30. The van der Waals surface area contributed by atoms with Crippen LogP contribution in [0.5, 0.6) is 0 Å². The maximum Gasteiger partial charge on any atom is 0.269 e. The lowest BCUT2D eigenvalue weighted by Gasteiger charge is -2.26. The van der Waals surface area contributed by atoms with Gasteiger partial charge in [-0.2, -0.15) is 4.31 Å². The molecule has 0 saturated carbocycles. The molecular weight excluding hydrogens is 396 g/mol. The van der Waals surface area contributed by atoms with Gasteiger partial charge in [-0.25, -0.2) is 8.42 Å². The third-order valence-electron chi connectivity index (χ3n) is 4.60. The molecule has 1 saturated heterocycles. The van der Waals surface area contributed by atoms with E-state index in [1.807, 2.05) is 0 Å². The van der Waals surface area contributed by atoms with Gasteiger partial charge in [0.2, 0.25) is 15.9 Å². The van der Waals surface area contributed by atoms with Crippen LogP contribution < -0.4 is 10.6 Å². The van der Waals surface area contributed by atoms with Crippen LogP contribution in [0.3, 0.4) is 0 Å². The van der Waals surface area contributed by atoms with Crippen molar-refractivity contribution < 1.29 is 18.1 Å². The summed E-state index contributed by atoms with van der Waals surface area (Å²) >= 11 is 0. The number of nitro benzene ring substituents is 1. The average molecular weight is 418 g/mol. The van der Waals surface area contributed by atoms with Gasteiger partial charge in [-0.05, 0) is 43.2 Å². The number of anilines is 2. The van der Waals surface area contributed by atoms with Crippen LogP contribution in [-0.4, -0.2) is 43.2 Å².